The van der Waals surface area contributed by atoms with Gasteiger partial charge in [0.25, 0.3) is 0 Å². The molecular weight excluding hydrogens is 296 g/mol. The number of carbonyl (C=O) groups is 1. The van der Waals surface area contributed by atoms with Crippen LogP contribution < -0.4 is 5.32 Å². The molecule has 3 nitrogen and oxygen atoms in total. The topological polar surface area (TPSA) is 32.3 Å². The molecule has 1 aromatic rings. The van der Waals surface area contributed by atoms with Gasteiger partial charge in [-0.2, -0.15) is 0 Å². The smallest absolute Gasteiger partial charge is 0.234 e. The van der Waals surface area contributed by atoms with Crippen molar-refractivity contribution in [2.24, 2.45) is 5.92 Å². The summed E-state index contributed by atoms with van der Waals surface area (Å²) in [7, 11) is 0. The van der Waals surface area contributed by atoms with E-state index in [2.05, 4.69) is 47.3 Å². The van der Waals surface area contributed by atoms with Gasteiger partial charge in [0, 0.05) is 12.1 Å². The molecule has 3 rings (SSSR count). The number of nitrogens with zero attached hydrogens (tertiary/aromatic N) is 1. The first-order valence-corrected chi connectivity index (χ1v) is 9.23. The highest BCUT2D eigenvalue weighted by Gasteiger charge is 2.29. The summed E-state index contributed by atoms with van der Waals surface area (Å²) in [5.41, 5.74) is 2.73. The number of rotatable bonds is 5. The van der Waals surface area contributed by atoms with Crippen molar-refractivity contribution < 1.29 is 4.79 Å². The number of benzene rings is 1. The molecule has 0 bridgehead atoms. The zero-order valence-electron chi connectivity index (χ0n) is 14.6. The maximum absolute atomic E-state index is 12.6. The van der Waals surface area contributed by atoms with Crippen LogP contribution in [0.2, 0.25) is 0 Å². The molecule has 0 spiro atoms. The highest BCUT2D eigenvalue weighted by atomic mass is 16.2. The molecule has 0 saturated heterocycles. The highest BCUT2D eigenvalue weighted by Crippen LogP contribution is 2.35. The molecule has 128 valence electrons. The third kappa shape index (κ3) is 3.82. The number of aryl methyl sites for hydroxylation is 1. The standard InChI is InChI=1S/C21H28N2O/c1-3-14-23(20-13-12-17-9-5-6-10-18(17)20)15-21(24)22-19-11-7-4-8-16(19)2/h1,5-6,9-10,16,19-20H,4,7-8,11-15H2,2H3,(H,22,24)/t16-,19+,20-/m0/s1. The van der Waals surface area contributed by atoms with Crippen molar-refractivity contribution in [3.8, 4) is 12.3 Å². The van der Waals surface area contributed by atoms with Gasteiger partial charge < -0.3 is 5.32 Å². The molecule has 3 atom stereocenters. The fourth-order valence-electron chi connectivity index (χ4n) is 4.28. The fraction of sp³-hybridized carbons (Fsp3) is 0.571. The van der Waals surface area contributed by atoms with Crippen LogP contribution in [-0.4, -0.2) is 29.9 Å². The summed E-state index contributed by atoms with van der Waals surface area (Å²) in [5, 5.41) is 3.26. The Morgan fingerprint density at radius 2 is 2.08 bits per heavy atom. The van der Waals surface area contributed by atoms with Crippen LogP contribution in [0.15, 0.2) is 24.3 Å². The molecular formula is C21H28N2O. The minimum atomic E-state index is 0.119. The first-order chi connectivity index (χ1) is 11.7. The van der Waals surface area contributed by atoms with Crippen LogP contribution >= 0.6 is 0 Å². The predicted octanol–water partition coefficient (Wildman–Crippen LogP) is 3.30. The molecule has 0 aromatic heterocycles. The highest BCUT2D eigenvalue weighted by molar-refractivity contribution is 5.78. The van der Waals surface area contributed by atoms with Crippen molar-refractivity contribution in [3.05, 3.63) is 35.4 Å². The minimum absolute atomic E-state index is 0.119. The summed E-state index contributed by atoms with van der Waals surface area (Å²) in [5.74, 6) is 3.44. The minimum Gasteiger partial charge on any atom is -0.352 e. The van der Waals surface area contributed by atoms with Gasteiger partial charge in [-0.1, -0.05) is 50.0 Å². The third-order valence-electron chi connectivity index (χ3n) is 5.64. The van der Waals surface area contributed by atoms with E-state index in [-0.39, 0.29) is 11.9 Å². The van der Waals surface area contributed by atoms with E-state index in [1.54, 1.807) is 0 Å². The predicted molar refractivity (Wildman–Crippen MR) is 97.5 cm³/mol. The second kappa shape index (κ2) is 7.85. The van der Waals surface area contributed by atoms with E-state index in [1.165, 1.54) is 30.4 Å². The van der Waals surface area contributed by atoms with Gasteiger partial charge in [0.2, 0.25) is 5.91 Å². The zero-order valence-corrected chi connectivity index (χ0v) is 14.6. The van der Waals surface area contributed by atoms with Crippen LogP contribution in [0.25, 0.3) is 0 Å². The molecule has 2 aliphatic carbocycles. The van der Waals surface area contributed by atoms with Gasteiger partial charge in [0.1, 0.15) is 0 Å². The van der Waals surface area contributed by atoms with Crippen molar-refractivity contribution in [2.45, 2.75) is 57.5 Å². The SMILES string of the molecule is C#CCN(CC(=O)N[C@@H]1CCCC[C@@H]1C)[C@H]1CCc2ccccc21. The first kappa shape index (κ1) is 17.0. The van der Waals surface area contributed by atoms with Crippen molar-refractivity contribution >= 4 is 5.91 Å². The Labute approximate surface area is 145 Å². The number of amides is 1. The Hall–Kier alpha value is -1.79. The second-order valence-electron chi connectivity index (χ2n) is 7.30. The van der Waals surface area contributed by atoms with Gasteiger partial charge in [-0.3, -0.25) is 9.69 Å². The number of fused-ring (bicyclic) bond motifs is 1. The van der Waals surface area contributed by atoms with Crippen molar-refractivity contribution in [1.29, 1.82) is 0 Å². The second-order valence-corrected chi connectivity index (χ2v) is 7.30. The quantitative estimate of drug-likeness (QED) is 0.843. The Morgan fingerprint density at radius 1 is 1.29 bits per heavy atom. The van der Waals surface area contributed by atoms with Gasteiger partial charge >= 0.3 is 0 Å². The maximum Gasteiger partial charge on any atom is 0.234 e. The molecule has 0 heterocycles. The van der Waals surface area contributed by atoms with Gasteiger partial charge in [-0.25, -0.2) is 0 Å². The lowest BCUT2D eigenvalue weighted by Crippen LogP contribution is -2.46. The maximum atomic E-state index is 12.6. The lowest BCUT2D eigenvalue weighted by molar-refractivity contribution is -0.124. The summed E-state index contributed by atoms with van der Waals surface area (Å²) < 4.78 is 0. The molecule has 1 aromatic carbocycles. The van der Waals surface area contributed by atoms with Crippen LogP contribution in [0, 0.1) is 18.3 Å². The number of terminal acetylenes is 1. The number of hydrogen-bond acceptors (Lipinski definition) is 2. The summed E-state index contributed by atoms with van der Waals surface area (Å²) in [4.78, 5) is 14.8. The van der Waals surface area contributed by atoms with Crippen molar-refractivity contribution in [3.63, 3.8) is 0 Å². The molecule has 1 saturated carbocycles. The monoisotopic (exact) mass is 324 g/mol. The van der Waals surface area contributed by atoms with Gasteiger partial charge in [0.05, 0.1) is 13.1 Å². The zero-order chi connectivity index (χ0) is 16.9. The largest absolute Gasteiger partial charge is 0.352 e. The van der Waals surface area contributed by atoms with Crippen LogP contribution in [0.3, 0.4) is 0 Å². The number of hydrogen-bond donors (Lipinski definition) is 1. The van der Waals surface area contributed by atoms with Gasteiger partial charge in [0.15, 0.2) is 0 Å². The molecule has 1 fully saturated rings. The van der Waals surface area contributed by atoms with E-state index in [1.807, 2.05) is 0 Å². The first-order valence-electron chi connectivity index (χ1n) is 9.23. The van der Waals surface area contributed by atoms with Gasteiger partial charge in [-0.15, -0.1) is 6.42 Å². The van der Waals surface area contributed by atoms with E-state index < -0.39 is 0 Å². The van der Waals surface area contributed by atoms with Crippen molar-refractivity contribution in [2.75, 3.05) is 13.1 Å². The number of carbonyl (C=O) groups excluding carboxylic acids is 1. The van der Waals surface area contributed by atoms with E-state index >= 15 is 0 Å². The Balaban J connectivity index is 1.64. The normalized spacial score (nSPS) is 26.0. The third-order valence-corrected chi connectivity index (χ3v) is 5.64. The van der Waals surface area contributed by atoms with Crippen LogP contribution in [0.4, 0.5) is 0 Å². The Morgan fingerprint density at radius 3 is 2.88 bits per heavy atom. The molecule has 2 aliphatic rings. The molecule has 0 radical (unpaired) electrons. The molecule has 24 heavy (non-hydrogen) atoms. The summed E-state index contributed by atoms with van der Waals surface area (Å²) in [6, 6.07) is 9.13. The summed E-state index contributed by atoms with van der Waals surface area (Å²) >= 11 is 0. The van der Waals surface area contributed by atoms with Crippen molar-refractivity contribution in [1.82, 2.24) is 10.2 Å². The average Bonchev–Trinajstić information content (AvgIpc) is 3.00. The Kier molecular flexibility index (Phi) is 5.58. The Bertz CT molecular complexity index is 619. The van der Waals surface area contributed by atoms with Crippen LogP contribution in [0.1, 0.15) is 56.2 Å². The van der Waals surface area contributed by atoms with Crippen LogP contribution in [-0.2, 0) is 11.2 Å². The number of nitrogens with one attached hydrogen (secondary N) is 1. The van der Waals surface area contributed by atoms with E-state index in [0.29, 0.717) is 25.0 Å². The molecule has 1 N–H and O–H groups in total. The average molecular weight is 324 g/mol. The lowest BCUT2D eigenvalue weighted by atomic mass is 9.86. The fourth-order valence-corrected chi connectivity index (χ4v) is 4.28. The van der Waals surface area contributed by atoms with E-state index in [4.69, 9.17) is 6.42 Å². The molecule has 0 aliphatic heterocycles. The molecule has 3 heteroatoms. The van der Waals surface area contributed by atoms with Crippen LogP contribution in [0.5, 0.6) is 0 Å². The molecule has 1 amide bonds. The lowest BCUT2D eigenvalue weighted by Gasteiger charge is -2.32. The summed E-state index contributed by atoms with van der Waals surface area (Å²) in [6.07, 6.45) is 12.5. The van der Waals surface area contributed by atoms with E-state index in [9.17, 15) is 4.79 Å². The summed E-state index contributed by atoms with van der Waals surface area (Å²) in [6.45, 7) is 3.16. The molecule has 0 unspecified atom stereocenters. The van der Waals surface area contributed by atoms with Gasteiger partial charge in [-0.05, 0) is 42.7 Å². The van der Waals surface area contributed by atoms with E-state index in [0.717, 1.165) is 19.3 Å².